The first-order chi connectivity index (χ1) is 15.2. The van der Waals surface area contributed by atoms with Crippen LogP contribution in [0.15, 0.2) is 65.6 Å². The van der Waals surface area contributed by atoms with Gasteiger partial charge >= 0.3 is 0 Å². The van der Waals surface area contributed by atoms with E-state index in [9.17, 15) is 13.2 Å². The fourth-order valence-corrected chi connectivity index (χ4v) is 4.30. The number of nitrogens with one attached hydrogen (secondary N) is 2. The Labute approximate surface area is 192 Å². The van der Waals surface area contributed by atoms with Crippen molar-refractivity contribution >= 4 is 33.2 Å². The van der Waals surface area contributed by atoms with Crippen LogP contribution in [0.2, 0.25) is 5.02 Å². The Balaban J connectivity index is 1.69. The highest BCUT2D eigenvalue weighted by atomic mass is 35.5. The van der Waals surface area contributed by atoms with Gasteiger partial charge in [0.05, 0.1) is 29.8 Å². The van der Waals surface area contributed by atoms with Gasteiger partial charge in [0.2, 0.25) is 0 Å². The van der Waals surface area contributed by atoms with Crippen LogP contribution in [0.3, 0.4) is 0 Å². The number of carbonyl (C=O) groups excluding carboxylic acids is 1. The number of rotatable bonds is 8. The standard InChI is InChI=1S/C23H23ClN2O5S/c1-15-4-8-18(9-5-15)32(28,29)26-20-10-7-17(13-19(20)24)23(27)25-14-16-6-11-21(30-2)22(12-16)31-3/h4-13,26H,14H2,1-3H3,(H,25,27). The van der Waals surface area contributed by atoms with Gasteiger partial charge in [-0.2, -0.15) is 0 Å². The molecular formula is C23H23ClN2O5S. The summed E-state index contributed by atoms with van der Waals surface area (Å²) in [6, 6.07) is 16.2. The molecule has 0 aliphatic carbocycles. The summed E-state index contributed by atoms with van der Waals surface area (Å²) in [6.45, 7) is 2.13. The lowest BCUT2D eigenvalue weighted by atomic mass is 10.1. The Morgan fingerprint density at radius 2 is 1.62 bits per heavy atom. The molecule has 168 valence electrons. The molecule has 0 radical (unpaired) electrons. The smallest absolute Gasteiger partial charge is 0.261 e. The van der Waals surface area contributed by atoms with Gasteiger partial charge in [-0.3, -0.25) is 9.52 Å². The van der Waals surface area contributed by atoms with Gasteiger partial charge in [-0.05, 0) is 55.0 Å². The minimum Gasteiger partial charge on any atom is -0.493 e. The molecule has 1 amide bonds. The zero-order chi connectivity index (χ0) is 23.3. The Hall–Kier alpha value is -3.23. The van der Waals surface area contributed by atoms with Gasteiger partial charge in [-0.1, -0.05) is 35.4 Å². The minimum absolute atomic E-state index is 0.111. The maximum absolute atomic E-state index is 12.6. The first kappa shape index (κ1) is 23.4. The molecule has 0 unspecified atom stereocenters. The number of hydrogen-bond acceptors (Lipinski definition) is 5. The topological polar surface area (TPSA) is 93.7 Å². The predicted molar refractivity (Wildman–Crippen MR) is 124 cm³/mol. The van der Waals surface area contributed by atoms with Gasteiger partial charge in [0.15, 0.2) is 11.5 Å². The number of halogens is 1. The van der Waals surface area contributed by atoms with E-state index in [0.717, 1.165) is 11.1 Å². The normalized spacial score (nSPS) is 11.0. The summed E-state index contributed by atoms with van der Waals surface area (Å²) in [6.07, 6.45) is 0. The number of amides is 1. The van der Waals surface area contributed by atoms with Gasteiger partial charge in [0.1, 0.15) is 0 Å². The van der Waals surface area contributed by atoms with Crippen molar-refractivity contribution in [3.63, 3.8) is 0 Å². The van der Waals surface area contributed by atoms with E-state index in [1.807, 2.05) is 13.0 Å². The van der Waals surface area contributed by atoms with Crippen molar-refractivity contribution in [2.45, 2.75) is 18.4 Å². The second-order valence-corrected chi connectivity index (χ2v) is 9.07. The Morgan fingerprint density at radius 3 is 2.25 bits per heavy atom. The van der Waals surface area contributed by atoms with Crippen molar-refractivity contribution < 1.29 is 22.7 Å². The quantitative estimate of drug-likeness (QED) is 0.504. The lowest BCUT2D eigenvalue weighted by molar-refractivity contribution is 0.0951. The Bertz CT molecular complexity index is 1230. The number of anilines is 1. The van der Waals surface area contributed by atoms with Gasteiger partial charge in [0, 0.05) is 12.1 Å². The summed E-state index contributed by atoms with van der Waals surface area (Å²) in [5, 5.41) is 2.91. The van der Waals surface area contributed by atoms with E-state index in [4.69, 9.17) is 21.1 Å². The third-order valence-electron chi connectivity index (χ3n) is 4.71. The predicted octanol–water partition coefficient (Wildman–Crippen LogP) is 4.40. The molecule has 0 saturated carbocycles. The van der Waals surface area contributed by atoms with Crippen molar-refractivity contribution in [3.05, 3.63) is 82.4 Å². The largest absolute Gasteiger partial charge is 0.493 e. The molecule has 3 rings (SSSR count). The number of methoxy groups -OCH3 is 2. The van der Waals surface area contributed by atoms with Crippen LogP contribution in [-0.2, 0) is 16.6 Å². The van der Waals surface area contributed by atoms with Crippen LogP contribution in [0.4, 0.5) is 5.69 Å². The van der Waals surface area contributed by atoms with E-state index in [2.05, 4.69) is 10.0 Å². The third kappa shape index (κ3) is 5.52. The SMILES string of the molecule is COc1ccc(CNC(=O)c2ccc(NS(=O)(=O)c3ccc(C)cc3)c(Cl)c2)cc1OC. The fourth-order valence-electron chi connectivity index (χ4n) is 2.94. The van der Waals surface area contributed by atoms with Gasteiger partial charge < -0.3 is 14.8 Å². The van der Waals surface area contributed by atoms with Gasteiger partial charge in [-0.25, -0.2) is 8.42 Å². The average Bonchev–Trinajstić information content (AvgIpc) is 2.78. The zero-order valence-electron chi connectivity index (χ0n) is 17.8. The maximum Gasteiger partial charge on any atom is 0.261 e. The van der Waals surface area contributed by atoms with E-state index in [0.29, 0.717) is 17.1 Å². The van der Waals surface area contributed by atoms with E-state index in [1.165, 1.54) is 37.4 Å². The highest BCUT2D eigenvalue weighted by Gasteiger charge is 2.17. The molecule has 0 bridgehead atoms. The summed E-state index contributed by atoms with van der Waals surface area (Å²) in [4.78, 5) is 12.7. The van der Waals surface area contributed by atoms with E-state index in [1.54, 1.807) is 31.4 Å². The van der Waals surface area contributed by atoms with E-state index < -0.39 is 10.0 Å². The van der Waals surface area contributed by atoms with Gasteiger partial charge in [-0.15, -0.1) is 0 Å². The van der Waals surface area contributed by atoms with E-state index in [-0.39, 0.29) is 28.1 Å². The van der Waals surface area contributed by atoms with Gasteiger partial charge in [0.25, 0.3) is 15.9 Å². The molecule has 2 N–H and O–H groups in total. The highest BCUT2D eigenvalue weighted by molar-refractivity contribution is 7.92. The minimum atomic E-state index is -3.80. The summed E-state index contributed by atoms with van der Waals surface area (Å²) in [5.41, 5.74) is 2.26. The van der Waals surface area contributed by atoms with Crippen LogP contribution in [0, 0.1) is 6.92 Å². The maximum atomic E-state index is 12.6. The summed E-state index contributed by atoms with van der Waals surface area (Å²) in [5.74, 6) is 0.806. The highest BCUT2D eigenvalue weighted by Crippen LogP contribution is 2.28. The lowest BCUT2D eigenvalue weighted by Crippen LogP contribution is -2.23. The lowest BCUT2D eigenvalue weighted by Gasteiger charge is -2.12. The number of benzene rings is 3. The number of hydrogen-bond donors (Lipinski definition) is 2. The molecular weight excluding hydrogens is 452 g/mol. The van der Waals surface area contributed by atoms with Crippen molar-refractivity contribution in [2.24, 2.45) is 0 Å². The van der Waals surface area contributed by atoms with Crippen LogP contribution in [0.1, 0.15) is 21.5 Å². The van der Waals surface area contributed by atoms with Crippen LogP contribution in [0.25, 0.3) is 0 Å². The van der Waals surface area contributed by atoms with Crippen molar-refractivity contribution in [2.75, 3.05) is 18.9 Å². The monoisotopic (exact) mass is 474 g/mol. The van der Waals surface area contributed by atoms with Crippen LogP contribution in [0.5, 0.6) is 11.5 Å². The zero-order valence-corrected chi connectivity index (χ0v) is 19.4. The molecule has 3 aromatic rings. The Morgan fingerprint density at radius 1 is 0.938 bits per heavy atom. The van der Waals surface area contributed by atoms with Crippen LogP contribution < -0.4 is 19.5 Å². The summed E-state index contributed by atoms with van der Waals surface area (Å²) >= 11 is 6.24. The average molecular weight is 475 g/mol. The number of aryl methyl sites for hydroxylation is 1. The van der Waals surface area contributed by atoms with Crippen LogP contribution >= 0.6 is 11.6 Å². The number of sulfonamides is 1. The fraction of sp³-hybridized carbons (Fsp3) is 0.174. The second-order valence-electron chi connectivity index (χ2n) is 6.99. The Kier molecular flexibility index (Phi) is 7.27. The molecule has 0 aliphatic heterocycles. The molecule has 0 saturated heterocycles. The first-order valence-electron chi connectivity index (χ1n) is 9.61. The number of carbonyl (C=O) groups is 1. The molecule has 3 aromatic carbocycles. The summed E-state index contributed by atoms with van der Waals surface area (Å²) in [7, 11) is -0.714. The molecule has 0 atom stereocenters. The van der Waals surface area contributed by atoms with Crippen molar-refractivity contribution in [1.29, 1.82) is 0 Å². The van der Waals surface area contributed by atoms with E-state index >= 15 is 0 Å². The first-order valence-corrected chi connectivity index (χ1v) is 11.5. The molecule has 0 heterocycles. The number of ether oxygens (including phenoxy) is 2. The molecule has 9 heteroatoms. The van der Waals surface area contributed by atoms with Crippen molar-refractivity contribution in [1.82, 2.24) is 5.32 Å². The summed E-state index contributed by atoms with van der Waals surface area (Å²) < 4.78 is 38.1. The molecule has 0 aromatic heterocycles. The molecule has 7 nitrogen and oxygen atoms in total. The van der Waals surface area contributed by atoms with Crippen molar-refractivity contribution in [3.8, 4) is 11.5 Å². The molecule has 0 aliphatic rings. The molecule has 0 spiro atoms. The second kappa shape index (κ2) is 9.93. The third-order valence-corrected chi connectivity index (χ3v) is 6.40. The molecule has 0 fully saturated rings. The van der Waals surface area contributed by atoms with Crippen LogP contribution in [-0.4, -0.2) is 28.5 Å². The molecule has 32 heavy (non-hydrogen) atoms.